The summed E-state index contributed by atoms with van der Waals surface area (Å²) >= 11 is 1.06. The molecular formula is C21H15N3O4S. The van der Waals surface area contributed by atoms with Gasteiger partial charge in [0.2, 0.25) is 4.96 Å². The van der Waals surface area contributed by atoms with E-state index in [4.69, 9.17) is 4.74 Å². The standard InChI is InChI=1S/C21H15N3O4S/c1-13(25)28-17-10-6-5-9-15(17)12-18-20(27)24-21(29-18)22-19(26)16(23-24)11-14-7-3-2-4-8-14/h2-10,12H,11H2,1H3. The van der Waals surface area contributed by atoms with Crippen LogP contribution in [0.15, 0.2) is 64.2 Å². The van der Waals surface area contributed by atoms with Crippen molar-refractivity contribution in [2.24, 2.45) is 0 Å². The van der Waals surface area contributed by atoms with Crippen LogP contribution in [0.2, 0.25) is 0 Å². The minimum absolute atomic E-state index is 0.204. The van der Waals surface area contributed by atoms with Crippen LogP contribution in [0.25, 0.3) is 11.0 Å². The van der Waals surface area contributed by atoms with Crippen LogP contribution in [0.5, 0.6) is 5.75 Å². The van der Waals surface area contributed by atoms with E-state index >= 15 is 0 Å². The largest absolute Gasteiger partial charge is 0.426 e. The third kappa shape index (κ3) is 3.97. The second kappa shape index (κ2) is 7.76. The number of esters is 1. The van der Waals surface area contributed by atoms with Gasteiger partial charge in [-0.15, -0.1) is 0 Å². The summed E-state index contributed by atoms with van der Waals surface area (Å²) in [6.07, 6.45) is 1.89. The van der Waals surface area contributed by atoms with Gasteiger partial charge >= 0.3 is 5.97 Å². The summed E-state index contributed by atoms with van der Waals surface area (Å²) in [7, 11) is 0. The van der Waals surface area contributed by atoms with E-state index in [-0.39, 0.29) is 16.2 Å². The predicted molar refractivity (Wildman–Crippen MR) is 109 cm³/mol. The second-order valence-corrected chi connectivity index (χ2v) is 7.28. The first kappa shape index (κ1) is 18.7. The van der Waals surface area contributed by atoms with Crippen LogP contribution in [0.1, 0.15) is 23.7 Å². The highest BCUT2D eigenvalue weighted by atomic mass is 32.1. The van der Waals surface area contributed by atoms with Crippen molar-refractivity contribution < 1.29 is 9.53 Å². The number of carbonyl (C=O) groups is 1. The smallest absolute Gasteiger partial charge is 0.308 e. The molecule has 0 N–H and O–H groups in total. The van der Waals surface area contributed by atoms with Gasteiger partial charge in [-0.05, 0) is 17.7 Å². The topological polar surface area (TPSA) is 90.6 Å². The molecule has 0 amide bonds. The maximum Gasteiger partial charge on any atom is 0.308 e. The van der Waals surface area contributed by atoms with Crippen LogP contribution >= 0.6 is 11.3 Å². The zero-order valence-corrected chi connectivity index (χ0v) is 16.2. The zero-order chi connectivity index (χ0) is 20.4. The lowest BCUT2D eigenvalue weighted by Gasteiger charge is -2.03. The number of ether oxygens (including phenoxy) is 1. The highest BCUT2D eigenvalue weighted by molar-refractivity contribution is 7.15. The van der Waals surface area contributed by atoms with Crippen LogP contribution in [0.4, 0.5) is 0 Å². The van der Waals surface area contributed by atoms with E-state index in [9.17, 15) is 14.4 Å². The van der Waals surface area contributed by atoms with Crippen molar-refractivity contribution in [2.75, 3.05) is 0 Å². The molecule has 0 atom stereocenters. The molecule has 2 aromatic carbocycles. The molecule has 0 unspecified atom stereocenters. The van der Waals surface area contributed by atoms with E-state index in [1.165, 1.54) is 6.92 Å². The fourth-order valence-electron chi connectivity index (χ4n) is 2.83. The normalized spacial score (nSPS) is 11.7. The number of thiazole rings is 1. The number of benzene rings is 2. The summed E-state index contributed by atoms with van der Waals surface area (Å²) < 4.78 is 6.66. The third-order valence-electron chi connectivity index (χ3n) is 4.12. The Bertz CT molecular complexity index is 1380. The summed E-state index contributed by atoms with van der Waals surface area (Å²) in [4.78, 5) is 40.7. The van der Waals surface area contributed by atoms with Gasteiger partial charge < -0.3 is 4.74 Å². The molecule has 4 aromatic rings. The molecule has 0 bridgehead atoms. The van der Waals surface area contributed by atoms with E-state index in [0.717, 1.165) is 21.4 Å². The van der Waals surface area contributed by atoms with Crippen LogP contribution in [-0.4, -0.2) is 20.6 Å². The van der Waals surface area contributed by atoms with E-state index in [1.807, 2.05) is 30.3 Å². The first-order chi connectivity index (χ1) is 14.0. The molecule has 0 aliphatic heterocycles. The molecule has 0 fully saturated rings. The predicted octanol–water partition coefficient (Wildman–Crippen LogP) is 1.57. The number of para-hydroxylation sites is 1. The average molecular weight is 405 g/mol. The molecule has 0 aliphatic rings. The Hall–Kier alpha value is -3.65. The molecule has 0 radical (unpaired) electrons. The van der Waals surface area contributed by atoms with Gasteiger partial charge in [-0.3, -0.25) is 14.4 Å². The minimum atomic E-state index is -0.457. The zero-order valence-electron chi connectivity index (χ0n) is 15.4. The molecule has 0 spiro atoms. The number of aromatic nitrogens is 3. The maximum atomic E-state index is 12.8. The lowest BCUT2D eigenvalue weighted by Crippen LogP contribution is -2.28. The van der Waals surface area contributed by atoms with Gasteiger partial charge in [-0.1, -0.05) is 59.9 Å². The lowest BCUT2D eigenvalue weighted by atomic mass is 10.1. The quantitative estimate of drug-likeness (QED) is 0.378. The van der Waals surface area contributed by atoms with Crippen molar-refractivity contribution in [1.82, 2.24) is 14.6 Å². The van der Waals surface area contributed by atoms with Crippen molar-refractivity contribution in [1.29, 1.82) is 0 Å². The Labute approximate surface area is 168 Å². The molecule has 144 valence electrons. The summed E-state index contributed by atoms with van der Waals surface area (Å²) in [5, 5.41) is 4.24. The van der Waals surface area contributed by atoms with Crippen molar-refractivity contribution in [3.05, 3.63) is 96.7 Å². The summed E-state index contributed by atoms with van der Waals surface area (Å²) in [5.41, 5.74) is 0.837. The Kier molecular flexibility index (Phi) is 5.01. The Morgan fingerprint density at radius 2 is 1.83 bits per heavy atom. The van der Waals surface area contributed by atoms with E-state index in [2.05, 4.69) is 10.1 Å². The molecule has 8 heteroatoms. The molecule has 2 heterocycles. The number of rotatable bonds is 4. The fraction of sp³-hybridized carbons (Fsp3) is 0.0952. The molecule has 2 aromatic heterocycles. The van der Waals surface area contributed by atoms with Gasteiger partial charge in [0, 0.05) is 18.9 Å². The number of hydrogen-bond donors (Lipinski definition) is 0. The van der Waals surface area contributed by atoms with Gasteiger partial charge in [-0.25, -0.2) is 0 Å². The highest BCUT2D eigenvalue weighted by Crippen LogP contribution is 2.18. The molecule has 7 nitrogen and oxygen atoms in total. The van der Waals surface area contributed by atoms with Crippen LogP contribution in [0, 0.1) is 0 Å². The van der Waals surface area contributed by atoms with Gasteiger partial charge in [0.05, 0.1) is 4.53 Å². The van der Waals surface area contributed by atoms with Crippen LogP contribution in [0.3, 0.4) is 0 Å². The molecule has 4 rings (SSSR count). The van der Waals surface area contributed by atoms with Crippen LogP contribution < -0.4 is 20.4 Å². The maximum absolute atomic E-state index is 12.8. The SMILES string of the molecule is CC(=O)Oc1ccccc1C=c1sc2nc(=O)c(Cc3ccccc3)nn2c1=O. The summed E-state index contributed by atoms with van der Waals surface area (Å²) in [6, 6.07) is 16.3. The average Bonchev–Trinajstić information content (AvgIpc) is 2.99. The first-order valence-electron chi connectivity index (χ1n) is 8.77. The molecule has 0 aliphatic carbocycles. The van der Waals surface area contributed by atoms with E-state index in [1.54, 1.807) is 30.3 Å². The summed E-state index contributed by atoms with van der Waals surface area (Å²) in [6.45, 7) is 1.31. The minimum Gasteiger partial charge on any atom is -0.426 e. The fourth-order valence-corrected chi connectivity index (χ4v) is 3.73. The first-order valence-corrected chi connectivity index (χ1v) is 9.59. The van der Waals surface area contributed by atoms with Crippen molar-refractivity contribution in [3.63, 3.8) is 0 Å². The van der Waals surface area contributed by atoms with Crippen molar-refractivity contribution >= 4 is 28.3 Å². The molecule has 29 heavy (non-hydrogen) atoms. The Morgan fingerprint density at radius 3 is 2.59 bits per heavy atom. The third-order valence-corrected chi connectivity index (χ3v) is 5.08. The van der Waals surface area contributed by atoms with Crippen molar-refractivity contribution in [3.8, 4) is 5.75 Å². The van der Waals surface area contributed by atoms with E-state index < -0.39 is 11.5 Å². The van der Waals surface area contributed by atoms with E-state index in [0.29, 0.717) is 22.3 Å². The lowest BCUT2D eigenvalue weighted by molar-refractivity contribution is -0.131. The highest BCUT2D eigenvalue weighted by Gasteiger charge is 2.12. The molecule has 0 saturated carbocycles. The Balaban J connectivity index is 1.81. The number of hydrogen-bond acceptors (Lipinski definition) is 7. The van der Waals surface area contributed by atoms with Gasteiger partial charge in [0.25, 0.3) is 11.1 Å². The Morgan fingerprint density at radius 1 is 1.10 bits per heavy atom. The van der Waals surface area contributed by atoms with Crippen LogP contribution in [-0.2, 0) is 11.2 Å². The monoisotopic (exact) mass is 405 g/mol. The van der Waals surface area contributed by atoms with Gasteiger partial charge in [0.1, 0.15) is 11.4 Å². The van der Waals surface area contributed by atoms with Gasteiger partial charge in [-0.2, -0.15) is 14.6 Å². The summed E-state index contributed by atoms with van der Waals surface area (Å²) in [5.74, 6) is -0.110. The number of nitrogens with zero attached hydrogens (tertiary/aromatic N) is 3. The number of carbonyl (C=O) groups excluding carboxylic acids is 1. The molecular weight excluding hydrogens is 390 g/mol. The second-order valence-electron chi connectivity index (χ2n) is 6.27. The molecule has 0 saturated heterocycles. The van der Waals surface area contributed by atoms with Crippen molar-refractivity contribution in [2.45, 2.75) is 13.3 Å². The number of fused-ring (bicyclic) bond motifs is 1. The van der Waals surface area contributed by atoms with Gasteiger partial charge in [0.15, 0.2) is 0 Å².